The third kappa shape index (κ3) is 2.79. The summed E-state index contributed by atoms with van der Waals surface area (Å²) in [5, 5.41) is 8.50. The van der Waals surface area contributed by atoms with E-state index in [-0.39, 0.29) is 12.7 Å². The molecule has 0 aromatic carbocycles. The van der Waals surface area contributed by atoms with Crippen molar-refractivity contribution in [3.05, 3.63) is 0 Å². The predicted molar refractivity (Wildman–Crippen MR) is 32.2 cm³/mol. The van der Waals surface area contributed by atoms with Crippen LogP contribution < -0.4 is 0 Å². The van der Waals surface area contributed by atoms with Crippen LogP contribution in [0.25, 0.3) is 0 Å². The van der Waals surface area contributed by atoms with Crippen LogP contribution in [-0.2, 0) is 9.47 Å². The second-order valence-electron chi connectivity index (χ2n) is 2.28. The normalized spacial score (nSPS) is 28.0. The molecule has 1 rings (SSSR count). The molecule has 1 heterocycles. The highest BCUT2D eigenvalue weighted by atomic mass is 16.6. The Balaban J connectivity index is 1.90. The molecule has 0 radical (unpaired) electrons. The SMILES string of the molecule is CC(CO)OC[C@@H]1CO1. The summed E-state index contributed by atoms with van der Waals surface area (Å²) in [6.07, 6.45) is 0.258. The third-order valence-corrected chi connectivity index (χ3v) is 1.23. The quantitative estimate of drug-likeness (QED) is 0.538. The molecule has 0 aromatic rings. The van der Waals surface area contributed by atoms with Gasteiger partial charge >= 0.3 is 0 Å². The van der Waals surface area contributed by atoms with E-state index in [9.17, 15) is 0 Å². The Kier molecular flexibility index (Phi) is 2.45. The zero-order chi connectivity index (χ0) is 6.69. The van der Waals surface area contributed by atoms with Crippen LogP contribution in [0.1, 0.15) is 6.92 Å². The Morgan fingerprint density at radius 2 is 2.56 bits per heavy atom. The second-order valence-corrected chi connectivity index (χ2v) is 2.28. The van der Waals surface area contributed by atoms with Gasteiger partial charge in [0.15, 0.2) is 0 Å². The lowest BCUT2D eigenvalue weighted by atomic mass is 10.4. The standard InChI is InChI=1S/C6H12O3/c1-5(2-7)8-3-6-4-9-6/h5-7H,2-4H2,1H3/t5?,6-/m1/s1. The van der Waals surface area contributed by atoms with E-state index < -0.39 is 0 Å². The predicted octanol–water partition coefficient (Wildman–Crippen LogP) is -0.217. The van der Waals surface area contributed by atoms with Crippen molar-refractivity contribution < 1.29 is 14.6 Å². The van der Waals surface area contributed by atoms with Gasteiger partial charge in [-0.1, -0.05) is 0 Å². The molecule has 54 valence electrons. The summed E-state index contributed by atoms with van der Waals surface area (Å²) in [6, 6.07) is 0. The van der Waals surface area contributed by atoms with E-state index in [0.29, 0.717) is 12.7 Å². The molecule has 0 aromatic heterocycles. The molecule has 3 heteroatoms. The molecule has 0 spiro atoms. The minimum atomic E-state index is -0.0470. The average molecular weight is 132 g/mol. The van der Waals surface area contributed by atoms with Crippen LogP contribution >= 0.6 is 0 Å². The summed E-state index contributed by atoms with van der Waals surface area (Å²) in [7, 11) is 0. The Bertz CT molecular complexity index is 80.4. The zero-order valence-corrected chi connectivity index (χ0v) is 5.54. The van der Waals surface area contributed by atoms with Gasteiger partial charge in [-0.2, -0.15) is 0 Å². The van der Waals surface area contributed by atoms with Crippen molar-refractivity contribution in [1.29, 1.82) is 0 Å². The summed E-state index contributed by atoms with van der Waals surface area (Å²) >= 11 is 0. The summed E-state index contributed by atoms with van der Waals surface area (Å²) in [5.74, 6) is 0. The van der Waals surface area contributed by atoms with Gasteiger partial charge in [-0.15, -0.1) is 0 Å². The molecule has 1 unspecified atom stereocenters. The van der Waals surface area contributed by atoms with Crippen LogP contribution in [0, 0.1) is 0 Å². The molecule has 3 nitrogen and oxygen atoms in total. The van der Waals surface area contributed by atoms with Gasteiger partial charge in [0.1, 0.15) is 6.10 Å². The van der Waals surface area contributed by atoms with Gasteiger partial charge in [0.25, 0.3) is 0 Å². The number of hydrogen-bond donors (Lipinski definition) is 1. The van der Waals surface area contributed by atoms with Crippen molar-refractivity contribution in [2.75, 3.05) is 19.8 Å². The number of rotatable bonds is 4. The van der Waals surface area contributed by atoms with Gasteiger partial charge in [-0.05, 0) is 6.92 Å². The number of aliphatic hydroxyl groups excluding tert-OH is 1. The number of epoxide rings is 1. The molecule has 1 N–H and O–H groups in total. The summed E-state index contributed by atoms with van der Waals surface area (Å²) < 4.78 is 10.0. The molecule has 0 amide bonds. The van der Waals surface area contributed by atoms with Crippen molar-refractivity contribution in [3.63, 3.8) is 0 Å². The first-order valence-electron chi connectivity index (χ1n) is 3.17. The van der Waals surface area contributed by atoms with E-state index in [4.69, 9.17) is 14.6 Å². The second kappa shape index (κ2) is 3.15. The fourth-order valence-electron chi connectivity index (χ4n) is 0.489. The Morgan fingerprint density at radius 1 is 1.89 bits per heavy atom. The van der Waals surface area contributed by atoms with Crippen molar-refractivity contribution in [2.24, 2.45) is 0 Å². The van der Waals surface area contributed by atoms with E-state index >= 15 is 0 Å². The molecular weight excluding hydrogens is 120 g/mol. The maximum atomic E-state index is 8.50. The molecule has 0 bridgehead atoms. The highest BCUT2D eigenvalue weighted by Gasteiger charge is 2.22. The fraction of sp³-hybridized carbons (Fsp3) is 1.00. The molecule has 1 aliphatic heterocycles. The molecular formula is C6H12O3. The number of ether oxygens (including phenoxy) is 2. The zero-order valence-electron chi connectivity index (χ0n) is 5.54. The minimum absolute atomic E-state index is 0.0470. The maximum Gasteiger partial charge on any atom is 0.104 e. The van der Waals surface area contributed by atoms with Gasteiger partial charge in [0.05, 0.1) is 25.9 Å². The third-order valence-electron chi connectivity index (χ3n) is 1.23. The summed E-state index contributed by atoms with van der Waals surface area (Å²) in [5.41, 5.74) is 0. The van der Waals surface area contributed by atoms with E-state index in [0.717, 1.165) is 6.61 Å². The Labute approximate surface area is 54.6 Å². The molecule has 9 heavy (non-hydrogen) atoms. The van der Waals surface area contributed by atoms with E-state index in [1.54, 1.807) is 0 Å². The summed E-state index contributed by atoms with van der Waals surface area (Å²) in [4.78, 5) is 0. The first kappa shape index (κ1) is 6.99. The van der Waals surface area contributed by atoms with Gasteiger partial charge < -0.3 is 14.6 Å². The van der Waals surface area contributed by atoms with Crippen LogP contribution in [0.3, 0.4) is 0 Å². The Hall–Kier alpha value is -0.120. The highest BCUT2D eigenvalue weighted by Crippen LogP contribution is 2.09. The summed E-state index contributed by atoms with van der Waals surface area (Å²) in [6.45, 7) is 3.37. The smallest absolute Gasteiger partial charge is 0.104 e. The van der Waals surface area contributed by atoms with Gasteiger partial charge in [0, 0.05) is 0 Å². The number of aliphatic hydroxyl groups is 1. The van der Waals surface area contributed by atoms with E-state index in [2.05, 4.69) is 0 Å². The lowest BCUT2D eigenvalue weighted by Crippen LogP contribution is -2.15. The highest BCUT2D eigenvalue weighted by molar-refractivity contribution is 4.67. The van der Waals surface area contributed by atoms with Crippen LogP contribution in [0.2, 0.25) is 0 Å². The van der Waals surface area contributed by atoms with Crippen molar-refractivity contribution in [1.82, 2.24) is 0 Å². The van der Waals surface area contributed by atoms with E-state index in [1.165, 1.54) is 0 Å². The average Bonchev–Trinajstić information content (AvgIpc) is 2.65. The molecule has 0 saturated carbocycles. The first-order chi connectivity index (χ1) is 4.33. The maximum absolute atomic E-state index is 8.50. The molecule has 1 saturated heterocycles. The van der Waals surface area contributed by atoms with Gasteiger partial charge in [-0.3, -0.25) is 0 Å². The van der Waals surface area contributed by atoms with Crippen LogP contribution in [0.15, 0.2) is 0 Å². The van der Waals surface area contributed by atoms with Gasteiger partial charge in [-0.25, -0.2) is 0 Å². The lowest BCUT2D eigenvalue weighted by molar-refractivity contribution is 0.0174. The van der Waals surface area contributed by atoms with Crippen molar-refractivity contribution >= 4 is 0 Å². The monoisotopic (exact) mass is 132 g/mol. The van der Waals surface area contributed by atoms with Crippen LogP contribution in [0.5, 0.6) is 0 Å². The van der Waals surface area contributed by atoms with E-state index in [1.807, 2.05) is 6.92 Å². The van der Waals surface area contributed by atoms with Crippen molar-refractivity contribution in [2.45, 2.75) is 19.1 Å². The first-order valence-corrected chi connectivity index (χ1v) is 3.17. The molecule has 0 aliphatic carbocycles. The lowest BCUT2D eigenvalue weighted by Gasteiger charge is -2.06. The molecule has 2 atom stereocenters. The Morgan fingerprint density at radius 3 is 3.00 bits per heavy atom. The largest absolute Gasteiger partial charge is 0.394 e. The fourth-order valence-corrected chi connectivity index (χ4v) is 0.489. The van der Waals surface area contributed by atoms with Crippen LogP contribution in [0.4, 0.5) is 0 Å². The van der Waals surface area contributed by atoms with Crippen LogP contribution in [-0.4, -0.2) is 37.1 Å². The topological polar surface area (TPSA) is 42.0 Å². The number of hydrogen-bond acceptors (Lipinski definition) is 3. The molecule has 1 fully saturated rings. The minimum Gasteiger partial charge on any atom is -0.394 e. The molecule has 1 aliphatic rings. The van der Waals surface area contributed by atoms with Crippen molar-refractivity contribution in [3.8, 4) is 0 Å². The van der Waals surface area contributed by atoms with Gasteiger partial charge in [0.2, 0.25) is 0 Å².